The van der Waals surface area contributed by atoms with Gasteiger partial charge in [-0.05, 0) is 38.8 Å². The number of nitrogens with one attached hydrogen (secondary N) is 2. The molecule has 0 spiro atoms. The first-order valence-corrected chi connectivity index (χ1v) is 9.06. The van der Waals surface area contributed by atoms with E-state index in [0.29, 0.717) is 24.2 Å². The van der Waals surface area contributed by atoms with E-state index in [4.69, 9.17) is 13.9 Å². The Morgan fingerprint density at radius 3 is 2.96 bits per heavy atom. The van der Waals surface area contributed by atoms with Gasteiger partial charge >= 0.3 is 0 Å². The van der Waals surface area contributed by atoms with E-state index in [1.807, 2.05) is 6.92 Å². The molecule has 2 heterocycles. The topological polar surface area (TPSA) is 88.3 Å². The molecule has 1 aromatic rings. The molecule has 3 N–H and O–H groups in total. The van der Waals surface area contributed by atoms with Gasteiger partial charge < -0.3 is 29.6 Å². The summed E-state index contributed by atoms with van der Waals surface area (Å²) in [6.07, 6.45) is 3.55. The van der Waals surface area contributed by atoms with E-state index in [0.717, 1.165) is 45.8 Å². The molecule has 26 heavy (non-hydrogen) atoms. The molecule has 0 aromatic carbocycles. The quantitative estimate of drug-likeness (QED) is 0.205. The molecule has 0 aliphatic carbocycles. The van der Waals surface area contributed by atoms with Crippen molar-refractivity contribution in [3.8, 4) is 0 Å². The van der Waals surface area contributed by atoms with Gasteiger partial charge in [-0.3, -0.25) is 0 Å². The maximum atomic E-state index is 10.5. The van der Waals surface area contributed by atoms with Crippen molar-refractivity contribution < 1.29 is 19.0 Å². The normalized spacial score (nSPS) is 19.7. The predicted molar refractivity (Wildman–Crippen MR) is 112 cm³/mol. The van der Waals surface area contributed by atoms with E-state index < -0.39 is 5.60 Å². The minimum Gasteiger partial charge on any atom is -0.466 e. The third kappa shape index (κ3) is 8.24. The van der Waals surface area contributed by atoms with E-state index in [-0.39, 0.29) is 30.5 Å². The van der Waals surface area contributed by atoms with Crippen molar-refractivity contribution in [1.82, 2.24) is 10.6 Å². The Bertz CT molecular complexity index is 503. The van der Waals surface area contributed by atoms with Crippen molar-refractivity contribution in [2.24, 2.45) is 10.9 Å². The molecule has 1 fully saturated rings. The standard InChI is InChI=1S/C18H31N3O4.HI/c1-3-19-17(21-14-18(2,22)16-6-4-10-25-16)20-8-5-9-23-12-15-7-11-24-13-15;/h4,6,10,15,22H,3,5,7-9,11-14H2,1-2H3,(H2,19,20,21);1H. The average molecular weight is 481 g/mol. The molecule has 2 atom stereocenters. The van der Waals surface area contributed by atoms with Crippen LogP contribution in [0.2, 0.25) is 0 Å². The molecule has 8 heteroatoms. The summed E-state index contributed by atoms with van der Waals surface area (Å²) in [5, 5.41) is 16.9. The number of aliphatic imine (C=N–C) groups is 1. The van der Waals surface area contributed by atoms with Crippen LogP contribution >= 0.6 is 24.0 Å². The molecule has 0 radical (unpaired) electrons. The minimum atomic E-state index is -1.13. The van der Waals surface area contributed by atoms with E-state index in [9.17, 15) is 5.11 Å². The summed E-state index contributed by atoms with van der Waals surface area (Å²) >= 11 is 0. The molecular weight excluding hydrogens is 449 g/mol. The van der Waals surface area contributed by atoms with Crippen LogP contribution in [-0.4, -0.2) is 57.1 Å². The van der Waals surface area contributed by atoms with Crippen molar-refractivity contribution in [3.05, 3.63) is 24.2 Å². The van der Waals surface area contributed by atoms with Crippen LogP contribution in [0.3, 0.4) is 0 Å². The van der Waals surface area contributed by atoms with Crippen LogP contribution in [0, 0.1) is 5.92 Å². The number of rotatable bonds is 10. The number of ether oxygens (including phenoxy) is 2. The van der Waals surface area contributed by atoms with Crippen LogP contribution in [0.25, 0.3) is 0 Å². The highest BCUT2D eigenvalue weighted by Crippen LogP contribution is 2.21. The van der Waals surface area contributed by atoms with Crippen LogP contribution in [0.15, 0.2) is 27.8 Å². The Labute approximate surface area is 172 Å². The van der Waals surface area contributed by atoms with E-state index in [2.05, 4.69) is 15.6 Å². The molecule has 150 valence electrons. The van der Waals surface area contributed by atoms with Gasteiger partial charge in [-0.25, -0.2) is 4.99 Å². The van der Waals surface area contributed by atoms with Crippen molar-refractivity contribution in [2.75, 3.05) is 46.1 Å². The van der Waals surface area contributed by atoms with Crippen LogP contribution < -0.4 is 10.6 Å². The first-order chi connectivity index (χ1) is 12.1. The fraction of sp³-hybridized carbons (Fsp3) is 0.722. The van der Waals surface area contributed by atoms with Gasteiger partial charge in [0.1, 0.15) is 11.4 Å². The molecule has 7 nitrogen and oxygen atoms in total. The van der Waals surface area contributed by atoms with Crippen molar-refractivity contribution in [1.29, 1.82) is 0 Å². The molecule has 2 rings (SSSR count). The predicted octanol–water partition coefficient (Wildman–Crippen LogP) is 2.10. The summed E-state index contributed by atoms with van der Waals surface area (Å²) < 4.78 is 16.3. The number of hydrogen-bond donors (Lipinski definition) is 3. The molecule has 1 aliphatic rings. The van der Waals surface area contributed by atoms with Crippen molar-refractivity contribution >= 4 is 29.9 Å². The highest BCUT2D eigenvalue weighted by Gasteiger charge is 2.26. The van der Waals surface area contributed by atoms with E-state index in [1.165, 1.54) is 0 Å². The lowest BCUT2D eigenvalue weighted by Gasteiger charge is -2.19. The van der Waals surface area contributed by atoms with Gasteiger partial charge in [-0.2, -0.15) is 0 Å². The van der Waals surface area contributed by atoms with Crippen LogP contribution in [0.1, 0.15) is 32.4 Å². The maximum absolute atomic E-state index is 10.5. The van der Waals surface area contributed by atoms with Gasteiger partial charge in [0.15, 0.2) is 5.96 Å². The Kier molecular flexibility index (Phi) is 11.2. The zero-order valence-corrected chi connectivity index (χ0v) is 18.0. The first-order valence-electron chi connectivity index (χ1n) is 9.06. The molecule has 1 aliphatic heterocycles. The summed E-state index contributed by atoms with van der Waals surface area (Å²) in [5.74, 6) is 1.74. The number of halogens is 1. The number of guanidine groups is 1. The second kappa shape index (κ2) is 12.5. The van der Waals surface area contributed by atoms with Gasteiger partial charge in [-0.1, -0.05) is 0 Å². The van der Waals surface area contributed by atoms with Gasteiger partial charge in [0, 0.05) is 32.2 Å². The minimum absolute atomic E-state index is 0. The van der Waals surface area contributed by atoms with E-state index >= 15 is 0 Å². The fourth-order valence-electron chi connectivity index (χ4n) is 2.58. The Balaban J connectivity index is 0.00000338. The number of aliphatic hydroxyl groups is 1. The monoisotopic (exact) mass is 481 g/mol. The third-order valence-electron chi connectivity index (χ3n) is 4.08. The maximum Gasteiger partial charge on any atom is 0.191 e. The second-order valence-corrected chi connectivity index (χ2v) is 6.53. The van der Waals surface area contributed by atoms with E-state index in [1.54, 1.807) is 25.3 Å². The van der Waals surface area contributed by atoms with Crippen molar-refractivity contribution in [2.45, 2.75) is 32.3 Å². The lowest BCUT2D eigenvalue weighted by atomic mass is 10.0. The molecule has 2 unspecified atom stereocenters. The average Bonchev–Trinajstić information content (AvgIpc) is 3.29. The Morgan fingerprint density at radius 1 is 1.46 bits per heavy atom. The number of hydrogen-bond acceptors (Lipinski definition) is 5. The second-order valence-electron chi connectivity index (χ2n) is 6.53. The number of nitrogens with zero attached hydrogens (tertiary/aromatic N) is 1. The zero-order valence-electron chi connectivity index (χ0n) is 15.7. The third-order valence-corrected chi connectivity index (χ3v) is 4.08. The summed E-state index contributed by atoms with van der Waals surface area (Å²) in [6.45, 7) is 8.61. The SMILES string of the molecule is CCNC(=NCC(C)(O)c1ccco1)NCCCOCC1CCOC1.I. The molecule has 0 amide bonds. The molecular formula is C18H32IN3O4. The lowest BCUT2D eigenvalue weighted by Crippen LogP contribution is -2.39. The number of furan rings is 1. The highest BCUT2D eigenvalue weighted by molar-refractivity contribution is 14.0. The summed E-state index contributed by atoms with van der Waals surface area (Å²) in [5.41, 5.74) is -1.13. The zero-order chi connectivity index (χ0) is 18.0. The lowest BCUT2D eigenvalue weighted by molar-refractivity contribution is 0.0437. The largest absolute Gasteiger partial charge is 0.466 e. The molecule has 1 saturated heterocycles. The van der Waals surface area contributed by atoms with Crippen LogP contribution in [0.4, 0.5) is 0 Å². The summed E-state index contributed by atoms with van der Waals surface area (Å²) in [7, 11) is 0. The summed E-state index contributed by atoms with van der Waals surface area (Å²) in [6, 6.07) is 3.51. The molecule has 0 saturated carbocycles. The van der Waals surface area contributed by atoms with Crippen molar-refractivity contribution in [3.63, 3.8) is 0 Å². The Morgan fingerprint density at radius 2 is 2.31 bits per heavy atom. The highest BCUT2D eigenvalue weighted by atomic mass is 127. The molecule has 1 aromatic heterocycles. The van der Waals surface area contributed by atoms with Gasteiger partial charge in [-0.15, -0.1) is 24.0 Å². The van der Waals surface area contributed by atoms with Gasteiger partial charge in [0.05, 0.1) is 26.0 Å². The smallest absolute Gasteiger partial charge is 0.191 e. The van der Waals surface area contributed by atoms with Crippen LogP contribution in [0.5, 0.6) is 0 Å². The van der Waals surface area contributed by atoms with Gasteiger partial charge in [0.2, 0.25) is 0 Å². The fourth-order valence-corrected chi connectivity index (χ4v) is 2.58. The van der Waals surface area contributed by atoms with Gasteiger partial charge in [0.25, 0.3) is 0 Å². The summed E-state index contributed by atoms with van der Waals surface area (Å²) in [4.78, 5) is 4.45. The van der Waals surface area contributed by atoms with Crippen LogP contribution in [-0.2, 0) is 15.1 Å². The molecule has 0 bridgehead atoms. The first kappa shape index (κ1) is 23.2. The Hall–Kier alpha value is -0.840.